The highest BCUT2D eigenvalue weighted by Crippen LogP contribution is 2.49. The quantitative estimate of drug-likeness (QED) is 0.828. The van der Waals surface area contributed by atoms with Gasteiger partial charge in [-0.1, -0.05) is 51.8 Å². The van der Waals surface area contributed by atoms with Crippen molar-refractivity contribution in [2.75, 3.05) is 0 Å². The Morgan fingerprint density at radius 2 is 2.00 bits per heavy atom. The third-order valence-corrected chi connectivity index (χ3v) is 5.18. The third-order valence-electron chi connectivity index (χ3n) is 5.18. The van der Waals surface area contributed by atoms with E-state index < -0.39 is 0 Å². The molecule has 21 heavy (non-hydrogen) atoms. The van der Waals surface area contributed by atoms with Crippen molar-refractivity contribution in [2.24, 2.45) is 17.1 Å². The van der Waals surface area contributed by atoms with Crippen molar-refractivity contribution in [3.8, 4) is 0 Å². The van der Waals surface area contributed by atoms with Crippen LogP contribution >= 0.6 is 0 Å². The summed E-state index contributed by atoms with van der Waals surface area (Å²) in [5, 5.41) is 2.46. The number of nitrogens with zero attached hydrogens (tertiary/aromatic N) is 1. The predicted molar refractivity (Wildman–Crippen MR) is 89.0 cm³/mol. The number of benzene rings is 1. The van der Waals surface area contributed by atoms with E-state index in [2.05, 4.69) is 50.0 Å². The molecule has 1 aliphatic rings. The van der Waals surface area contributed by atoms with Crippen LogP contribution < -0.4 is 5.73 Å². The fourth-order valence-electron chi connectivity index (χ4n) is 4.25. The number of hydrogen-bond acceptors (Lipinski definition) is 2. The summed E-state index contributed by atoms with van der Waals surface area (Å²) in [6.45, 7) is 6.99. The zero-order valence-corrected chi connectivity index (χ0v) is 13.4. The molecule has 0 bridgehead atoms. The van der Waals surface area contributed by atoms with E-state index in [1.165, 1.54) is 35.6 Å². The second kappa shape index (κ2) is 5.10. The molecule has 1 aliphatic carbocycles. The minimum atomic E-state index is -0.225. The Morgan fingerprint density at radius 3 is 2.76 bits per heavy atom. The fraction of sp³-hybridized carbons (Fsp3) is 0.526. The van der Waals surface area contributed by atoms with Crippen LogP contribution in [0, 0.1) is 11.3 Å². The van der Waals surface area contributed by atoms with Crippen molar-refractivity contribution >= 4 is 10.8 Å². The molecule has 1 fully saturated rings. The Morgan fingerprint density at radius 1 is 1.19 bits per heavy atom. The zero-order valence-electron chi connectivity index (χ0n) is 13.4. The highest BCUT2D eigenvalue weighted by molar-refractivity contribution is 5.85. The summed E-state index contributed by atoms with van der Waals surface area (Å²) in [5.74, 6) is 0.512. The van der Waals surface area contributed by atoms with Crippen molar-refractivity contribution in [3.63, 3.8) is 0 Å². The van der Waals surface area contributed by atoms with Gasteiger partial charge in [0.25, 0.3) is 0 Å². The number of pyridine rings is 1. The lowest BCUT2D eigenvalue weighted by molar-refractivity contribution is 0.0788. The second-order valence-corrected chi connectivity index (χ2v) is 7.61. The molecule has 1 aromatic heterocycles. The van der Waals surface area contributed by atoms with Gasteiger partial charge in [0.1, 0.15) is 0 Å². The molecule has 2 nitrogen and oxygen atoms in total. The largest absolute Gasteiger partial charge is 0.321 e. The molecule has 2 aromatic rings. The van der Waals surface area contributed by atoms with Gasteiger partial charge in [0, 0.05) is 23.3 Å². The molecule has 2 N–H and O–H groups in total. The van der Waals surface area contributed by atoms with Crippen molar-refractivity contribution in [1.82, 2.24) is 4.98 Å². The predicted octanol–water partition coefficient (Wildman–Crippen LogP) is 4.63. The van der Waals surface area contributed by atoms with E-state index in [4.69, 9.17) is 5.73 Å². The van der Waals surface area contributed by atoms with E-state index in [-0.39, 0.29) is 11.0 Å². The molecular formula is C19H26N2. The van der Waals surface area contributed by atoms with Gasteiger partial charge in [-0.3, -0.25) is 4.98 Å². The topological polar surface area (TPSA) is 38.9 Å². The Balaban J connectivity index is 2.18. The molecule has 1 saturated carbocycles. The SMILES string of the molecule is CC(C)(C)C1CCCCC1(N)c1cccc2cnccc12. The molecule has 0 spiro atoms. The third kappa shape index (κ3) is 2.46. The van der Waals surface area contributed by atoms with Gasteiger partial charge < -0.3 is 5.73 Å². The van der Waals surface area contributed by atoms with Gasteiger partial charge >= 0.3 is 0 Å². The summed E-state index contributed by atoms with van der Waals surface area (Å²) >= 11 is 0. The summed E-state index contributed by atoms with van der Waals surface area (Å²) in [6, 6.07) is 8.60. The Labute approximate surface area is 127 Å². The number of hydrogen-bond donors (Lipinski definition) is 1. The first-order valence-electron chi connectivity index (χ1n) is 8.05. The highest BCUT2D eigenvalue weighted by Gasteiger charge is 2.45. The van der Waals surface area contributed by atoms with Crippen LogP contribution in [-0.2, 0) is 5.54 Å². The maximum Gasteiger partial charge on any atom is 0.0449 e. The summed E-state index contributed by atoms with van der Waals surface area (Å²) in [4.78, 5) is 4.25. The monoisotopic (exact) mass is 282 g/mol. The molecule has 0 radical (unpaired) electrons. The fourth-order valence-corrected chi connectivity index (χ4v) is 4.25. The number of nitrogens with two attached hydrogens (primary N) is 1. The van der Waals surface area contributed by atoms with Crippen LogP contribution in [0.4, 0.5) is 0 Å². The van der Waals surface area contributed by atoms with E-state index in [9.17, 15) is 0 Å². The van der Waals surface area contributed by atoms with Crippen LogP contribution in [0.2, 0.25) is 0 Å². The molecular weight excluding hydrogens is 256 g/mol. The van der Waals surface area contributed by atoms with Gasteiger partial charge in [0.2, 0.25) is 0 Å². The van der Waals surface area contributed by atoms with E-state index in [0.29, 0.717) is 5.92 Å². The molecule has 1 heterocycles. The molecule has 0 amide bonds. The normalized spacial score (nSPS) is 27.0. The molecule has 1 aromatic carbocycles. The number of rotatable bonds is 1. The molecule has 2 heteroatoms. The van der Waals surface area contributed by atoms with Crippen LogP contribution in [0.1, 0.15) is 52.0 Å². The Bertz CT molecular complexity index is 636. The van der Waals surface area contributed by atoms with E-state index in [0.717, 1.165) is 6.42 Å². The maximum absolute atomic E-state index is 7.06. The zero-order chi connectivity index (χ0) is 15.1. The summed E-state index contributed by atoms with van der Waals surface area (Å²) in [5.41, 5.74) is 8.37. The molecule has 0 saturated heterocycles. The van der Waals surface area contributed by atoms with E-state index in [1.54, 1.807) is 0 Å². The van der Waals surface area contributed by atoms with Crippen molar-refractivity contribution in [1.29, 1.82) is 0 Å². The first-order chi connectivity index (χ1) is 9.93. The molecule has 112 valence electrons. The Kier molecular flexibility index (Phi) is 3.53. The summed E-state index contributed by atoms with van der Waals surface area (Å²) in [6.07, 6.45) is 8.65. The van der Waals surface area contributed by atoms with Crippen LogP contribution in [0.5, 0.6) is 0 Å². The first-order valence-corrected chi connectivity index (χ1v) is 8.05. The minimum absolute atomic E-state index is 0.225. The van der Waals surface area contributed by atoms with Gasteiger partial charge in [0.05, 0.1) is 0 Å². The average molecular weight is 282 g/mol. The number of fused-ring (bicyclic) bond motifs is 1. The van der Waals surface area contributed by atoms with Gasteiger partial charge in [-0.2, -0.15) is 0 Å². The molecule has 0 aliphatic heterocycles. The average Bonchev–Trinajstić information content (AvgIpc) is 2.46. The minimum Gasteiger partial charge on any atom is -0.321 e. The van der Waals surface area contributed by atoms with E-state index in [1.807, 2.05) is 12.4 Å². The molecule has 2 atom stereocenters. The van der Waals surface area contributed by atoms with Crippen LogP contribution in [0.25, 0.3) is 10.8 Å². The van der Waals surface area contributed by atoms with Gasteiger partial charge in [-0.25, -0.2) is 0 Å². The van der Waals surface area contributed by atoms with Crippen LogP contribution in [-0.4, -0.2) is 4.98 Å². The van der Waals surface area contributed by atoms with Gasteiger partial charge in [-0.15, -0.1) is 0 Å². The molecule has 3 rings (SSSR count). The second-order valence-electron chi connectivity index (χ2n) is 7.61. The first kappa shape index (κ1) is 14.5. The summed E-state index contributed by atoms with van der Waals surface area (Å²) in [7, 11) is 0. The van der Waals surface area contributed by atoms with E-state index >= 15 is 0 Å². The number of aromatic nitrogens is 1. The van der Waals surface area contributed by atoms with Gasteiger partial charge in [0.15, 0.2) is 0 Å². The smallest absolute Gasteiger partial charge is 0.0449 e. The lowest BCUT2D eigenvalue weighted by atomic mass is 9.60. The van der Waals surface area contributed by atoms with Crippen molar-refractivity contribution < 1.29 is 0 Å². The Hall–Kier alpha value is -1.41. The lowest BCUT2D eigenvalue weighted by Gasteiger charge is -2.48. The van der Waals surface area contributed by atoms with Crippen LogP contribution in [0.15, 0.2) is 36.7 Å². The van der Waals surface area contributed by atoms with Crippen molar-refractivity contribution in [3.05, 3.63) is 42.2 Å². The lowest BCUT2D eigenvalue weighted by Crippen LogP contribution is -2.51. The van der Waals surface area contributed by atoms with Crippen molar-refractivity contribution in [2.45, 2.75) is 52.0 Å². The maximum atomic E-state index is 7.06. The summed E-state index contributed by atoms with van der Waals surface area (Å²) < 4.78 is 0. The van der Waals surface area contributed by atoms with Gasteiger partial charge in [-0.05, 0) is 41.2 Å². The van der Waals surface area contributed by atoms with Crippen LogP contribution in [0.3, 0.4) is 0 Å². The molecule has 2 unspecified atom stereocenters. The standard InChI is InChI=1S/C19H26N2/c1-18(2,3)17-9-4-5-11-19(17,20)16-8-6-7-14-13-21-12-10-15(14)16/h6-8,10,12-13,17H,4-5,9,11,20H2,1-3H3. The highest BCUT2D eigenvalue weighted by atomic mass is 14.8.